The Balaban J connectivity index is 1.22. The molecule has 3 aliphatic rings. The molecule has 1 aromatic heterocycles. The SMILES string of the molecule is Cc1[nH]c(C=C2C(=O)Nc3ccc(S(=O)(=O)Cc4c(Cl)cccc4Cl)cc32)c(C)c1CC(=O)N1CCC[C@@H](C(=O)NC2CC2)C1. The number of nitrogens with zero attached hydrogens (tertiary/aromatic N) is 1. The summed E-state index contributed by atoms with van der Waals surface area (Å²) in [6.45, 7) is 4.81. The van der Waals surface area contributed by atoms with E-state index in [2.05, 4.69) is 15.6 Å². The van der Waals surface area contributed by atoms with E-state index in [4.69, 9.17) is 23.2 Å². The molecule has 12 heteroatoms. The van der Waals surface area contributed by atoms with Gasteiger partial charge in [0.05, 0.1) is 28.6 Å². The van der Waals surface area contributed by atoms with Crippen LogP contribution >= 0.6 is 23.2 Å². The summed E-state index contributed by atoms with van der Waals surface area (Å²) >= 11 is 12.5. The van der Waals surface area contributed by atoms with Crippen LogP contribution in [0.2, 0.25) is 10.0 Å². The molecule has 45 heavy (non-hydrogen) atoms. The summed E-state index contributed by atoms with van der Waals surface area (Å²) in [6, 6.07) is 9.63. The van der Waals surface area contributed by atoms with Crippen molar-refractivity contribution in [3.8, 4) is 0 Å². The Morgan fingerprint density at radius 3 is 2.51 bits per heavy atom. The quantitative estimate of drug-likeness (QED) is 0.275. The standard InChI is InChI=1S/C33H34Cl2N4O5S/c1-18-23(15-31(40)39-12-4-5-20(16-39)32(41)37-21-8-9-21)19(2)36-30(18)14-25-24-13-22(10-11-29(24)38-33(25)42)45(43,44)17-26-27(34)6-3-7-28(26)35/h3,6-7,10-11,13-14,20-21,36H,4-5,8-9,12,15-17H2,1-2H3,(H,37,41)(H,38,42)/t20-/m1/s1. The van der Waals surface area contributed by atoms with E-state index in [1.54, 1.807) is 35.2 Å². The average Bonchev–Trinajstić information content (AvgIpc) is 3.72. The van der Waals surface area contributed by atoms with E-state index in [0.717, 1.165) is 42.5 Å². The van der Waals surface area contributed by atoms with Crippen LogP contribution < -0.4 is 10.6 Å². The topological polar surface area (TPSA) is 128 Å². The van der Waals surface area contributed by atoms with Crippen molar-refractivity contribution in [3.63, 3.8) is 0 Å². The molecule has 0 unspecified atom stereocenters. The number of likely N-dealkylation sites (tertiary alicyclic amines) is 1. The summed E-state index contributed by atoms with van der Waals surface area (Å²) in [5, 5.41) is 6.39. The Labute approximate surface area is 272 Å². The van der Waals surface area contributed by atoms with Crippen LogP contribution in [0, 0.1) is 19.8 Å². The van der Waals surface area contributed by atoms with Crippen molar-refractivity contribution < 1.29 is 22.8 Å². The zero-order valence-corrected chi connectivity index (χ0v) is 27.3. The number of aromatic amines is 1. The van der Waals surface area contributed by atoms with Crippen molar-refractivity contribution in [1.82, 2.24) is 15.2 Å². The van der Waals surface area contributed by atoms with Gasteiger partial charge in [-0.25, -0.2) is 8.42 Å². The van der Waals surface area contributed by atoms with Gasteiger partial charge < -0.3 is 20.5 Å². The first-order valence-corrected chi connectivity index (χ1v) is 17.4. The Kier molecular flexibility index (Phi) is 8.58. The van der Waals surface area contributed by atoms with Crippen LogP contribution in [-0.2, 0) is 36.4 Å². The smallest absolute Gasteiger partial charge is 0.256 e. The van der Waals surface area contributed by atoms with E-state index < -0.39 is 9.84 Å². The zero-order chi connectivity index (χ0) is 32.0. The maximum Gasteiger partial charge on any atom is 0.256 e. The molecule has 3 N–H and O–H groups in total. The number of aromatic nitrogens is 1. The average molecular weight is 670 g/mol. The Morgan fingerprint density at radius 1 is 1.07 bits per heavy atom. The fraction of sp³-hybridized carbons (Fsp3) is 0.364. The molecule has 1 saturated carbocycles. The lowest BCUT2D eigenvalue weighted by molar-refractivity contribution is -0.135. The molecule has 0 bridgehead atoms. The number of amides is 3. The second kappa shape index (κ2) is 12.3. The summed E-state index contributed by atoms with van der Waals surface area (Å²) in [5.74, 6) is -0.937. The van der Waals surface area contributed by atoms with Crippen LogP contribution in [0.5, 0.6) is 0 Å². The van der Waals surface area contributed by atoms with Gasteiger partial charge in [0.25, 0.3) is 5.91 Å². The van der Waals surface area contributed by atoms with Gasteiger partial charge >= 0.3 is 0 Å². The maximum atomic E-state index is 13.4. The lowest BCUT2D eigenvalue weighted by atomic mass is 9.96. The molecule has 9 nitrogen and oxygen atoms in total. The third-order valence-electron chi connectivity index (χ3n) is 8.85. The molecule has 3 amide bonds. The van der Waals surface area contributed by atoms with Gasteiger partial charge in [-0.15, -0.1) is 0 Å². The number of rotatable bonds is 8. The number of nitrogens with one attached hydrogen (secondary N) is 3. The van der Waals surface area contributed by atoms with Crippen LogP contribution in [0.4, 0.5) is 5.69 Å². The first-order chi connectivity index (χ1) is 21.4. The molecule has 3 aromatic rings. The highest BCUT2D eigenvalue weighted by atomic mass is 35.5. The molecule has 1 saturated heterocycles. The van der Waals surface area contributed by atoms with Crippen molar-refractivity contribution in [3.05, 3.63) is 80.1 Å². The van der Waals surface area contributed by atoms with Gasteiger partial charge in [-0.2, -0.15) is 0 Å². The number of hydrogen-bond donors (Lipinski definition) is 3. The van der Waals surface area contributed by atoms with E-state index >= 15 is 0 Å². The minimum atomic E-state index is -3.85. The molecule has 2 aliphatic heterocycles. The number of aryl methyl sites for hydroxylation is 1. The van der Waals surface area contributed by atoms with Gasteiger partial charge in [-0.3, -0.25) is 14.4 Å². The molecule has 236 valence electrons. The van der Waals surface area contributed by atoms with E-state index in [0.29, 0.717) is 47.2 Å². The van der Waals surface area contributed by atoms with E-state index in [9.17, 15) is 22.8 Å². The van der Waals surface area contributed by atoms with Crippen molar-refractivity contribution in [2.45, 2.75) is 62.6 Å². The molecule has 0 radical (unpaired) electrons. The molecule has 6 rings (SSSR count). The van der Waals surface area contributed by atoms with Crippen LogP contribution in [0.15, 0.2) is 41.3 Å². The van der Waals surface area contributed by atoms with Crippen LogP contribution in [0.25, 0.3) is 11.6 Å². The van der Waals surface area contributed by atoms with Crippen molar-refractivity contribution in [2.75, 3.05) is 18.4 Å². The van der Waals surface area contributed by atoms with E-state index in [1.165, 1.54) is 12.1 Å². The number of benzene rings is 2. The number of sulfone groups is 1. The minimum absolute atomic E-state index is 0.0379. The van der Waals surface area contributed by atoms with E-state index in [1.807, 2.05) is 13.8 Å². The molecule has 1 atom stereocenters. The van der Waals surface area contributed by atoms with Gasteiger partial charge in [0.15, 0.2) is 9.84 Å². The molecular formula is C33H34Cl2N4O5S. The summed E-state index contributed by atoms with van der Waals surface area (Å²) in [5.41, 5.74) is 4.70. The second-order valence-electron chi connectivity index (χ2n) is 12.1. The van der Waals surface area contributed by atoms with Crippen molar-refractivity contribution >= 4 is 68.1 Å². The number of hydrogen-bond acceptors (Lipinski definition) is 5. The number of carbonyl (C=O) groups is 3. The molecule has 1 aliphatic carbocycles. The summed E-state index contributed by atoms with van der Waals surface area (Å²) in [4.78, 5) is 44.2. The van der Waals surface area contributed by atoms with Gasteiger partial charge in [-0.05, 0) is 87.1 Å². The van der Waals surface area contributed by atoms with Gasteiger partial charge in [0.2, 0.25) is 11.8 Å². The van der Waals surface area contributed by atoms with Crippen molar-refractivity contribution in [1.29, 1.82) is 0 Å². The Morgan fingerprint density at radius 2 is 1.80 bits per heavy atom. The fourth-order valence-corrected chi connectivity index (χ4v) is 8.16. The highest BCUT2D eigenvalue weighted by molar-refractivity contribution is 7.90. The molecule has 2 fully saturated rings. The highest BCUT2D eigenvalue weighted by Gasteiger charge is 2.33. The van der Waals surface area contributed by atoms with Crippen LogP contribution in [-0.4, -0.2) is 55.2 Å². The van der Waals surface area contributed by atoms with Gasteiger partial charge in [-0.1, -0.05) is 29.3 Å². The summed E-state index contributed by atoms with van der Waals surface area (Å²) < 4.78 is 26.8. The molecule has 0 spiro atoms. The lowest BCUT2D eigenvalue weighted by Crippen LogP contribution is -2.46. The largest absolute Gasteiger partial charge is 0.359 e. The number of piperidine rings is 1. The van der Waals surface area contributed by atoms with E-state index in [-0.39, 0.29) is 50.8 Å². The predicted molar refractivity (Wildman–Crippen MR) is 175 cm³/mol. The first kappa shape index (κ1) is 31.4. The normalized spacial score (nSPS) is 19.0. The first-order valence-electron chi connectivity index (χ1n) is 15.0. The molecular weight excluding hydrogens is 635 g/mol. The third kappa shape index (κ3) is 6.55. The lowest BCUT2D eigenvalue weighted by Gasteiger charge is -2.32. The fourth-order valence-electron chi connectivity index (χ4n) is 6.04. The van der Waals surface area contributed by atoms with Gasteiger partial charge in [0, 0.05) is 57.4 Å². The third-order valence-corrected chi connectivity index (χ3v) is 11.2. The summed E-state index contributed by atoms with van der Waals surface area (Å²) in [6.07, 6.45) is 5.48. The van der Waals surface area contributed by atoms with Crippen LogP contribution in [0.1, 0.15) is 59.3 Å². The highest BCUT2D eigenvalue weighted by Crippen LogP contribution is 2.37. The van der Waals surface area contributed by atoms with Crippen molar-refractivity contribution in [2.24, 2.45) is 5.92 Å². The molecule has 3 heterocycles. The number of anilines is 1. The maximum absolute atomic E-state index is 13.4. The predicted octanol–water partition coefficient (Wildman–Crippen LogP) is 5.46. The van der Waals surface area contributed by atoms with Crippen LogP contribution in [0.3, 0.4) is 0 Å². The number of halogens is 2. The molecule has 2 aromatic carbocycles. The number of carbonyl (C=O) groups excluding carboxylic acids is 3. The zero-order valence-electron chi connectivity index (χ0n) is 25.0. The number of H-pyrrole nitrogens is 1. The summed E-state index contributed by atoms with van der Waals surface area (Å²) in [7, 11) is -3.85. The van der Waals surface area contributed by atoms with Gasteiger partial charge in [0.1, 0.15) is 0 Å². The monoisotopic (exact) mass is 668 g/mol. The minimum Gasteiger partial charge on any atom is -0.359 e. The second-order valence-corrected chi connectivity index (χ2v) is 14.9. The Bertz CT molecular complexity index is 1840. The number of fused-ring (bicyclic) bond motifs is 1. The Hall–Kier alpha value is -3.60.